The zero-order valence-electron chi connectivity index (χ0n) is 30.2. The van der Waals surface area contributed by atoms with E-state index in [0.29, 0.717) is 17.7 Å². The lowest BCUT2D eigenvalue weighted by molar-refractivity contribution is -0.152. The van der Waals surface area contributed by atoms with Gasteiger partial charge in [-0.15, -0.1) is 0 Å². The molecule has 0 bridgehead atoms. The summed E-state index contributed by atoms with van der Waals surface area (Å²) in [7, 11) is 6.89. The van der Waals surface area contributed by atoms with E-state index in [-0.39, 0.29) is 40.9 Å². The molecule has 0 radical (unpaired) electrons. The second-order valence-electron chi connectivity index (χ2n) is 12.6. The molecular weight excluding hydrogens is 688 g/mol. The van der Waals surface area contributed by atoms with Crippen LogP contribution in [0, 0.1) is 0 Å². The number of aromatic nitrogens is 9. The molecular formula is C35H38N10O8. The number of aryl methyl sites for hydroxylation is 2. The number of amides is 1. The molecule has 0 aliphatic heterocycles. The summed E-state index contributed by atoms with van der Waals surface area (Å²) in [5.74, 6) is -0.789. The minimum absolute atomic E-state index is 0.00752. The Bertz CT molecular complexity index is 2670. The highest BCUT2D eigenvalue weighted by atomic mass is 16.6. The van der Waals surface area contributed by atoms with Crippen LogP contribution in [0.1, 0.15) is 55.8 Å². The van der Waals surface area contributed by atoms with Crippen LogP contribution in [0.5, 0.6) is 0 Å². The summed E-state index contributed by atoms with van der Waals surface area (Å²) in [5.41, 5.74) is 0.117. The molecule has 0 unspecified atom stereocenters. The first kappa shape index (κ1) is 36.3. The van der Waals surface area contributed by atoms with Gasteiger partial charge in [-0.05, 0) is 24.5 Å². The lowest BCUT2D eigenvalue weighted by atomic mass is 10.0. The highest BCUT2D eigenvalue weighted by molar-refractivity contribution is 5.87. The number of carbonyl (C=O) groups is 2. The molecule has 5 heterocycles. The van der Waals surface area contributed by atoms with Gasteiger partial charge < -0.3 is 19.4 Å². The molecule has 1 aromatic carbocycles. The van der Waals surface area contributed by atoms with Crippen LogP contribution in [0.4, 0.5) is 4.79 Å². The number of para-hydroxylation sites is 1. The molecule has 276 valence electrons. The van der Waals surface area contributed by atoms with E-state index in [1.54, 1.807) is 13.1 Å². The largest absolute Gasteiger partial charge is 0.454 e. The fourth-order valence-electron chi connectivity index (χ4n) is 6.44. The molecule has 6 rings (SSSR count). The molecule has 0 saturated carbocycles. The lowest BCUT2D eigenvalue weighted by Gasteiger charge is -2.21. The van der Waals surface area contributed by atoms with E-state index in [9.17, 15) is 28.8 Å². The van der Waals surface area contributed by atoms with Crippen LogP contribution in [-0.2, 0) is 48.9 Å². The van der Waals surface area contributed by atoms with Crippen molar-refractivity contribution in [3.8, 4) is 0 Å². The van der Waals surface area contributed by atoms with Crippen molar-refractivity contribution in [1.29, 1.82) is 0 Å². The van der Waals surface area contributed by atoms with Gasteiger partial charge in [-0.25, -0.2) is 39.1 Å². The number of carbonyl (C=O) groups excluding carboxylic acids is 2. The molecule has 0 aliphatic carbocycles. The van der Waals surface area contributed by atoms with Crippen molar-refractivity contribution in [2.75, 3.05) is 7.11 Å². The number of rotatable bonds is 10. The maximum Gasteiger partial charge on any atom is 0.407 e. The third-order valence-corrected chi connectivity index (χ3v) is 9.37. The fourth-order valence-corrected chi connectivity index (χ4v) is 6.44. The van der Waals surface area contributed by atoms with Gasteiger partial charge >= 0.3 is 23.4 Å². The second kappa shape index (κ2) is 14.3. The molecule has 0 aliphatic rings. The van der Waals surface area contributed by atoms with Crippen molar-refractivity contribution >= 4 is 45.3 Å². The number of alkyl carbamates (subject to hydrolysis) is 1. The molecule has 1 amide bonds. The van der Waals surface area contributed by atoms with Crippen molar-refractivity contribution in [1.82, 2.24) is 48.1 Å². The van der Waals surface area contributed by atoms with Crippen LogP contribution in [0.3, 0.4) is 0 Å². The number of benzene rings is 1. The quantitative estimate of drug-likeness (QED) is 0.198. The molecule has 0 saturated heterocycles. The SMILES string of the molecule is CC[C@H](c1cnc2c(n1)c(=O)n(C)c(=O)n2C)n1cc(C[C@H](NC(=O)OC)C(=O)O[C@H](CC)c2cnc3c(n2)c(=O)n(C)c(=O)n3C)c2ccccc21. The van der Waals surface area contributed by atoms with Gasteiger partial charge in [-0.3, -0.25) is 27.9 Å². The topological polar surface area (TPSA) is 209 Å². The average Bonchev–Trinajstić information content (AvgIpc) is 3.53. The molecule has 18 nitrogen and oxygen atoms in total. The number of ether oxygens (including phenoxy) is 2. The maximum absolute atomic E-state index is 13.9. The van der Waals surface area contributed by atoms with E-state index in [0.717, 1.165) is 20.0 Å². The van der Waals surface area contributed by atoms with Crippen LogP contribution >= 0.6 is 0 Å². The molecule has 6 aromatic rings. The molecule has 3 atom stereocenters. The number of nitrogens with one attached hydrogen (secondary N) is 1. The zero-order valence-corrected chi connectivity index (χ0v) is 30.2. The Morgan fingerprint density at radius 1 is 0.792 bits per heavy atom. The normalized spacial score (nSPS) is 13.3. The number of hydrogen-bond donors (Lipinski definition) is 1. The van der Waals surface area contributed by atoms with Crippen molar-refractivity contribution < 1.29 is 19.1 Å². The Morgan fingerprint density at radius 2 is 1.36 bits per heavy atom. The van der Waals surface area contributed by atoms with Crippen LogP contribution in [-0.4, -0.2) is 68.0 Å². The van der Waals surface area contributed by atoms with Crippen LogP contribution in [0.25, 0.3) is 33.2 Å². The summed E-state index contributed by atoms with van der Waals surface area (Å²) in [6, 6.07) is 5.89. The van der Waals surface area contributed by atoms with E-state index in [2.05, 4.69) is 25.3 Å². The van der Waals surface area contributed by atoms with Gasteiger partial charge in [0.1, 0.15) is 17.8 Å². The zero-order chi connectivity index (χ0) is 38.3. The van der Waals surface area contributed by atoms with Crippen LogP contribution in [0.2, 0.25) is 0 Å². The molecule has 5 aromatic heterocycles. The number of hydrogen-bond acceptors (Lipinski definition) is 12. The first-order valence-electron chi connectivity index (χ1n) is 16.8. The average molecular weight is 727 g/mol. The summed E-state index contributed by atoms with van der Waals surface area (Å²) in [6.07, 6.45) is 3.72. The van der Waals surface area contributed by atoms with Gasteiger partial charge in [-0.1, -0.05) is 32.0 Å². The van der Waals surface area contributed by atoms with E-state index in [1.807, 2.05) is 42.0 Å². The van der Waals surface area contributed by atoms with E-state index in [1.165, 1.54) is 50.6 Å². The minimum Gasteiger partial charge on any atom is -0.454 e. The first-order chi connectivity index (χ1) is 25.3. The fraction of sp³-hybridized carbons (Fsp3) is 0.371. The van der Waals surface area contributed by atoms with Gasteiger partial charge in [-0.2, -0.15) is 0 Å². The van der Waals surface area contributed by atoms with Crippen LogP contribution in [0.15, 0.2) is 62.0 Å². The Labute approximate surface area is 300 Å². The van der Waals surface area contributed by atoms with Gasteiger partial charge in [0.05, 0.1) is 31.2 Å². The molecule has 18 heteroatoms. The molecule has 0 fully saturated rings. The first-order valence-corrected chi connectivity index (χ1v) is 16.8. The Balaban J connectivity index is 1.36. The third-order valence-electron chi connectivity index (χ3n) is 9.37. The lowest BCUT2D eigenvalue weighted by Crippen LogP contribution is -2.43. The highest BCUT2D eigenvalue weighted by Crippen LogP contribution is 2.31. The smallest absolute Gasteiger partial charge is 0.407 e. The van der Waals surface area contributed by atoms with Crippen molar-refractivity contribution in [2.24, 2.45) is 28.2 Å². The van der Waals surface area contributed by atoms with Crippen molar-refractivity contribution in [3.63, 3.8) is 0 Å². The number of methoxy groups -OCH3 is 1. The molecule has 0 spiro atoms. The van der Waals surface area contributed by atoms with Gasteiger partial charge in [0, 0.05) is 51.7 Å². The molecule has 1 N–H and O–H groups in total. The monoisotopic (exact) mass is 726 g/mol. The number of esters is 1. The number of fused-ring (bicyclic) bond motifs is 3. The van der Waals surface area contributed by atoms with E-state index >= 15 is 0 Å². The summed E-state index contributed by atoms with van der Waals surface area (Å²) in [4.78, 5) is 95.0. The van der Waals surface area contributed by atoms with Crippen molar-refractivity contribution in [3.05, 3.63) is 101 Å². The summed E-state index contributed by atoms with van der Waals surface area (Å²) in [5, 5.41) is 3.37. The van der Waals surface area contributed by atoms with E-state index in [4.69, 9.17) is 9.47 Å². The molecule has 53 heavy (non-hydrogen) atoms. The van der Waals surface area contributed by atoms with Gasteiger partial charge in [0.2, 0.25) is 0 Å². The van der Waals surface area contributed by atoms with Crippen molar-refractivity contribution in [2.45, 2.75) is 51.3 Å². The highest BCUT2D eigenvalue weighted by Gasteiger charge is 2.30. The summed E-state index contributed by atoms with van der Waals surface area (Å²) < 4.78 is 17.1. The van der Waals surface area contributed by atoms with Crippen LogP contribution < -0.4 is 27.8 Å². The van der Waals surface area contributed by atoms with Gasteiger partial charge in [0.15, 0.2) is 22.3 Å². The third kappa shape index (κ3) is 6.36. The Kier molecular flexibility index (Phi) is 9.79. The van der Waals surface area contributed by atoms with Gasteiger partial charge in [0.25, 0.3) is 11.1 Å². The Hall–Kier alpha value is -6.46. The number of nitrogens with zero attached hydrogens (tertiary/aromatic N) is 9. The second-order valence-corrected chi connectivity index (χ2v) is 12.6. The Morgan fingerprint density at radius 3 is 1.92 bits per heavy atom. The summed E-state index contributed by atoms with van der Waals surface area (Å²) in [6.45, 7) is 3.72. The summed E-state index contributed by atoms with van der Waals surface area (Å²) >= 11 is 0. The predicted molar refractivity (Wildman–Crippen MR) is 193 cm³/mol. The van der Waals surface area contributed by atoms with E-state index < -0.39 is 52.7 Å². The predicted octanol–water partition coefficient (Wildman–Crippen LogP) is 1.28. The maximum atomic E-state index is 13.9. The minimum atomic E-state index is -1.22. The standard InChI is InChI=1S/C35H38N10O8/c1-8-23(21-15-36-28-26(38-21)30(46)43(5)34(50)41(28)3)45-17-18(19-12-10-11-13-24(19)45)14-20(40-33(49)52-7)32(48)53-25(9-2)22-16-37-29-27(39-22)31(47)44(6)35(51)42(29)4/h10-13,15-17,20,23,25H,8-9,14H2,1-7H3,(H,40,49)/t20-,23+,25+/m0/s1.